The van der Waals surface area contributed by atoms with Gasteiger partial charge in [0.15, 0.2) is 6.61 Å². The molecule has 10 heteroatoms. The molecule has 0 aliphatic carbocycles. The lowest BCUT2D eigenvalue weighted by Gasteiger charge is -2.13. The first-order valence-electron chi connectivity index (χ1n) is 9.77. The van der Waals surface area contributed by atoms with E-state index in [0.29, 0.717) is 0 Å². The minimum atomic E-state index is -4.48. The van der Waals surface area contributed by atoms with Gasteiger partial charge >= 0.3 is 6.18 Å². The predicted octanol–water partition coefficient (Wildman–Crippen LogP) is 5.83. The van der Waals surface area contributed by atoms with Crippen LogP contribution in [0.3, 0.4) is 0 Å². The fourth-order valence-corrected chi connectivity index (χ4v) is 3.42. The van der Waals surface area contributed by atoms with E-state index in [0.717, 1.165) is 40.8 Å². The third kappa shape index (κ3) is 6.49. The van der Waals surface area contributed by atoms with E-state index in [2.05, 4.69) is 29.4 Å². The standard InChI is InChI=1S/C22H22F3N3O3S/c1-13(2)17-8-7-14(3)9-18(17)30-11-20-27-28-21(31-20)32-12-19(29)26-16-6-4-5-15(10-16)22(23,24)25/h4-10,13H,11-12H2,1-3H3,(H,26,29). The minimum absolute atomic E-state index is 0.0594. The summed E-state index contributed by atoms with van der Waals surface area (Å²) in [5.41, 5.74) is 1.36. The van der Waals surface area contributed by atoms with Crippen molar-refractivity contribution in [2.75, 3.05) is 11.1 Å². The SMILES string of the molecule is Cc1ccc(C(C)C)c(OCc2nnc(SCC(=O)Nc3cccc(C(F)(F)F)c3)o2)c1. The molecule has 0 unspecified atom stereocenters. The van der Waals surface area contributed by atoms with E-state index in [1.165, 1.54) is 12.1 Å². The number of aromatic nitrogens is 2. The molecule has 0 aliphatic heterocycles. The number of alkyl halides is 3. The molecule has 6 nitrogen and oxygen atoms in total. The van der Waals surface area contributed by atoms with E-state index in [1.54, 1.807) is 0 Å². The predicted molar refractivity (Wildman–Crippen MR) is 115 cm³/mol. The Bertz CT molecular complexity index is 1080. The van der Waals surface area contributed by atoms with Crippen LogP contribution in [0.5, 0.6) is 5.75 Å². The molecule has 0 atom stereocenters. The second kappa shape index (κ2) is 10.1. The molecule has 170 valence electrons. The van der Waals surface area contributed by atoms with Gasteiger partial charge < -0.3 is 14.5 Å². The van der Waals surface area contributed by atoms with Gasteiger partial charge in [0, 0.05) is 5.69 Å². The molecule has 0 saturated carbocycles. The maximum absolute atomic E-state index is 12.8. The highest BCUT2D eigenvalue weighted by Gasteiger charge is 2.30. The Morgan fingerprint density at radius 2 is 1.97 bits per heavy atom. The third-order valence-electron chi connectivity index (χ3n) is 4.39. The normalized spacial score (nSPS) is 11.6. The second-order valence-corrected chi connectivity index (χ2v) is 8.29. The van der Waals surface area contributed by atoms with E-state index in [-0.39, 0.29) is 35.1 Å². The molecule has 0 spiro atoms. The number of hydrogen-bond acceptors (Lipinski definition) is 6. The summed E-state index contributed by atoms with van der Waals surface area (Å²) >= 11 is 0.980. The first-order valence-corrected chi connectivity index (χ1v) is 10.8. The molecule has 1 amide bonds. The van der Waals surface area contributed by atoms with E-state index in [1.807, 2.05) is 25.1 Å². The van der Waals surface area contributed by atoms with Crippen molar-refractivity contribution in [3.8, 4) is 5.75 Å². The van der Waals surface area contributed by atoms with Gasteiger partial charge in [-0.25, -0.2) is 0 Å². The van der Waals surface area contributed by atoms with Gasteiger partial charge in [0.2, 0.25) is 5.91 Å². The monoisotopic (exact) mass is 465 g/mol. The van der Waals surface area contributed by atoms with Gasteiger partial charge in [-0.3, -0.25) is 4.79 Å². The number of nitrogens with zero attached hydrogens (tertiary/aromatic N) is 2. The van der Waals surface area contributed by atoms with Crippen molar-refractivity contribution in [1.82, 2.24) is 10.2 Å². The summed E-state index contributed by atoms with van der Waals surface area (Å²) in [5, 5.41) is 10.4. The molecule has 0 aliphatic rings. The van der Waals surface area contributed by atoms with E-state index in [4.69, 9.17) is 9.15 Å². The summed E-state index contributed by atoms with van der Waals surface area (Å²) in [5.74, 6) is 0.685. The summed E-state index contributed by atoms with van der Waals surface area (Å²) in [6.07, 6.45) is -4.48. The number of ether oxygens (including phenoxy) is 1. The van der Waals surface area contributed by atoms with Crippen LogP contribution in [0, 0.1) is 6.92 Å². The molecule has 32 heavy (non-hydrogen) atoms. The summed E-state index contributed by atoms with van der Waals surface area (Å²) in [4.78, 5) is 12.1. The molecule has 3 aromatic rings. The Morgan fingerprint density at radius 3 is 2.69 bits per heavy atom. The van der Waals surface area contributed by atoms with Crippen molar-refractivity contribution in [2.45, 2.75) is 44.7 Å². The highest BCUT2D eigenvalue weighted by atomic mass is 32.2. The maximum atomic E-state index is 12.8. The van der Waals surface area contributed by atoms with Crippen LogP contribution in [0.1, 0.15) is 42.3 Å². The Balaban J connectivity index is 1.53. The fraction of sp³-hybridized carbons (Fsp3) is 0.318. The van der Waals surface area contributed by atoms with E-state index >= 15 is 0 Å². The van der Waals surface area contributed by atoms with Gasteiger partial charge in [-0.2, -0.15) is 13.2 Å². The van der Waals surface area contributed by atoms with Crippen LogP contribution in [-0.4, -0.2) is 21.9 Å². The lowest BCUT2D eigenvalue weighted by Crippen LogP contribution is -2.15. The van der Waals surface area contributed by atoms with Crippen LogP contribution in [0.25, 0.3) is 0 Å². The van der Waals surface area contributed by atoms with Gasteiger partial charge in [0.05, 0.1) is 11.3 Å². The zero-order valence-electron chi connectivity index (χ0n) is 17.7. The summed E-state index contributed by atoms with van der Waals surface area (Å²) < 4.78 is 49.7. The largest absolute Gasteiger partial charge is 0.484 e. The van der Waals surface area contributed by atoms with Crippen molar-refractivity contribution < 1.29 is 27.1 Å². The third-order valence-corrected chi connectivity index (χ3v) is 5.21. The number of hydrogen-bond donors (Lipinski definition) is 1. The zero-order chi connectivity index (χ0) is 23.3. The number of halogens is 3. The van der Waals surface area contributed by atoms with Crippen LogP contribution >= 0.6 is 11.8 Å². The smallest absolute Gasteiger partial charge is 0.416 e. The highest BCUT2D eigenvalue weighted by Crippen LogP contribution is 2.31. The van der Waals surface area contributed by atoms with Gasteiger partial charge in [-0.1, -0.05) is 43.8 Å². The Labute approximate surface area is 187 Å². The number of aryl methyl sites for hydroxylation is 1. The zero-order valence-corrected chi connectivity index (χ0v) is 18.5. The van der Waals surface area contributed by atoms with Crippen molar-refractivity contribution in [1.29, 1.82) is 0 Å². The Hall–Kier alpha value is -3.01. The summed E-state index contributed by atoms with van der Waals surface area (Å²) in [7, 11) is 0. The number of carbonyl (C=O) groups excluding carboxylic acids is 1. The number of carbonyl (C=O) groups is 1. The molecule has 1 aromatic heterocycles. The molecule has 0 radical (unpaired) electrons. The van der Waals surface area contributed by atoms with Crippen molar-refractivity contribution in [3.05, 3.63) is 65.0 Å². The topological polar surface area (TPSA) is 77.2 Å². The van der Waals surface area contributed by atoms with Crippen LogP contribution in [0.15, 0.2) is 52.1 Å². The molecular weight excluding hydrogens is 443 g/mol. The van der Waals surface area contributed by atoms with Gasteiger partial charge in [-0.05, 0) is 48.2 Å². The maximum Gasteiger partial charge on any atom is 0.416 e. The van der Waals surface area contributed by atoms with Crippen molar-refractivity contribution in [3.63, 3.8) is 0 Å². The molecule has 1 N–H and O–H groups in total. The lowest BCUT2D eigenvalue weighted by atomic mass is 10.0. The van der Waals surface area contributed by atoms with Gasteiger partial charge in [-0.15, -0.1) is 10.2 Å². The quantitative estimate of drug-likeness (QED) is 0.422. The molecule has 2 aromatic carbocycles. The van der Waals surface area contributed by atoms with Crippen LogP contribution in [-0.2, 0) is 17.6 Å². The molecule has 1 heterocycles. The highest BCUT2D eigenvalue weighted by molar-refractivity contribution is 7.99. The Morgan fingerprint density at radius 1 is 1.19 bits per heavy atom. The molecular formula is C22H22F3N3O3S. The second-order valence-electron chi connectivity index (χ2n) is 7.36. The summed E-state index contributed by atoms with van der Waals surface area (Å²) in [6, 6.07) is 10.4. The first-order chi connectivity index (χ1) is 15.1. The van der Waals surface area contributed by atoms with Crippen LogP contribution < -0.4 is 10.1 Å². The number of benzene rings is 2. The molecule has 0 saturated heterocycles. The van der Waals surface area contributed by atoms with Crippen molar-refractivity contribution in [2.24, 2.45) is 0 Å². The molecule has 3 rings (SSSR count). The average molecular weight is 465 g/mol. The van der Waals surface area contributed by atoms with Gasteiger partial charge in [0.25, 0.3) is 11.1 Å². The number of thioether (sulfide) groups is 1. The lowest BCUT2D eigenvalue weighted by molar-refractivity contribution is -0.137. The Kier molecular flexibility index (Phi) is 7.44. The number of nitrogens with one attached hydrogen (secondary N) is 1. The summed E-state index contributed by atoms with van der Waals surface area (Å²) in [6.45, 7) is 6.20. The average Bonchev–Trinajstić information content (AvgIpc) is 3.18. The van der Waals surface area contributed by atoms with E-state index in [9.17, 15) is 18.0 Å². The van der Waals surface area contributed by atoms with Crippen LogP contribution in [0.2, 0.25) is 0 Å². The first kappa shape index (κ1) is 23.6. The van der Waals surface area contributed by atoms with Gasteiger partial charge in [0.1, 0.15) is 5.75 Å². The number of anilines is 1. The number of rotatable bonds is 8. The van der Waals surface area contributed by atoms with Crippen LogP contribution in [0.4, 0.5) is 18.9 Å². The number of amides is 1. The van der Waals surface area contributed by atoms with E-state index < -0.39 is 17.6 Å². The molecule has 0 bridgehead atoms. The fourth-order valence-electron chi connectivity index (χ4n) is 2.84. The molecule has 0 fully saturated rings. The van der Waals surface area contributed by atoms with Crippen molar-refractivity contribution >= 4 is 23.4 Å². The minimum Gasteiger partial charge on any atom is -0.484 e.